The smallest absolute Gasteiger partial charge is 0.214 e. The highest BCUT2D eigenvalue weighted by Gasteiger charge is 2.16. The van der Waals surface area contributed by atoms with E-state index in [4.69, 9.17) is 4.42 Å². The van der Waals surface area contributed by atoms with Gasteiger partial charge in [0.1, 0.15) is 5.76 Å². The van der Waals surface area contributed by atoms with Crippen molar-refractivity contribution < 1.29 is 4.42 Å². The molecule has 130 valence electrons. The highest BCUT2D eigenvalue weighted by Crippen LogP contribution is 2.22. The Balaban J connectivity index is 1.92. The Morgan fingerprint density at radius 3 is 2.62 bits per heavy atom. The van der Waals surface area contributed by atoms with Crippen LogP contribution in [0.4, 0.5) is 0 Å². The molecule has 2 aromatic heterocycles. The van der Waals surface area contributed by atoms with Crippen LogP contribution in [0.1, 0.15) is 42.7 Å². The molecule has 0 aliphatic carbocycles. The van der Waals surface area contributed by atoms with E-state index in [1.54, 1.807) is 13.2 Å². The molecule has 0 saturated carbocycles. The van der Waals surface area contributed by atoms with Gasteiger partial charge >= 0.3 is 0 Å². The second-order valence-electron chi connectivity index (χ2n) is 6.19. The van der Waals surface area contributed by atoms with Gasteiger partial charge in [-0.3, -0.25) is 9.98 Å². The van der Waals surface area contributed by atoms with Gasteiger partial charge in [-0.25, -0.2) is 4.98 Å². The fourth-order valence-electron chi connectivity index (χ4n) is 2.54. The molecule has 0 aliphatic rings. The molecule has 24 heavy (non-hydrogen) atoms. The summed E-state index contributed by atoms with van der Waals surface area (Å²) in [5.74, 6) is 3.12. The van der Waals surface area contributed by atoms with Gasteiger partial charge in [0.15, 0.2) is 5.96 Å². The third kappa shape index (κ3) is 4.81. The maximum Gasteiger partial charge on any atom is 0.214 e. The van der Waals surface area contributed by atoms with E-state index < -0.39 is 0 Å². The molecule has 2 N–H and O–H groups in total. The Kier molecular flexibility index (Phi) is 6.35. The van der Waals surface area contributed by atoms with Crippen molar-refractivity contribution in [2.45, 2.75) is 40.2 Å². The maximum atomic E-state index is 5.58. The van der Waals surface area contributed by atoms with Crippen LogP contribution >= 0.6 is 0 Å². The van der Waals surface area contributed by atoms with E-state index >= 15 is 0 Å². The summed E-state index contributed by atoms with van der Waals surface area (Å²) in [6.07, 6.45) is 3.73. The largest absolute Gasteiger partial charge is 0.444 e. The molecular weight excluding hydrogens is 302 g/mol. The zero-order chi connectivity index (χ0) is 17.5. The average Bonchev–Trinajstić information content (AvgIpc) is 2.89. The third-order valence-electron chi connectivity index (χ3n) is 4.11. The van der Waals surface area contributed by atoms with Crippen LogP contribution in [0.5, 0.6) is 0 Å². The summed E-state index contributed by atoms with van der Waals surface area (Å²) in [6, 6.07) is 4.10. The molecule has 0 saturated heterocycles. The minimum atomic E-state index is 0.364. The summed E-state index contributed by atoms with van der Waals surface area (Å²) in [7, 11) is 1.76. The highest BCUT2D eigenvalue weighted by atomic mass is 16.4. The number of hydrogen-bond donors (Lipinski definition) is 2. The minimum Gasteiger partial charge on any atom is -0.444 e. The first-order chi connectivity index (χ1) is 11.5. The van der Waals surface area contributed by atoms with Gasteiger partial charge in [0, 0.05) is 31.9 Å². The molecule has 6 heteroatoms. The molecule has 2 rings (SSSR count). The second kappa shape index (κ2) is 8.47. The van der Waals surface area contributed by atoms with Gasteiger partial charge in [-0.05, 0) is 31.4 Å². The monoisotopic (exact) mass is 329 g/mol. The van der Waals surface area contributed by atoms with E-state index in [-0.39, 0.29) is 0 Å². The van der Waals surface area contributed by atoms with Crippen molar-refractivity contribution in [3.8, 4) is 0 Å². The average molecular weight is 329 g/mol. The Labute approximate surface area is 143 Å². The van der Waals surface area contributed by atoms with E-state index in [1.807, 2.05) is 26.1 Å². The Morgan fingerprint density at radius 2 is 2.08 bits per heavy atom. The topological polar surface area (TPSA) is 75.3 Å². The van der Waals surface area contributed by atoms with Crippen molar-refractivity contribution in [1.29, 1.82) is 0 Å². The molecule has 0 bridgehead atoms. The van der Waals surface area contributed by atoms with Crippen LogP contribution in [-0.4, -0.2) is 29.5 Å². The number of aryl methyl sites for hydroxylation is 2. The van der Waals surface area contributed by atoms with Gasteiger partial charge in [-0.15, -0.1) is 0 Å². The van der Waals surface area contributed by atoms with Crippen LogP contribution in [0.3, 0.4) is 0 Å². The fourth-order valence-corrected chi connectivity index (χ4v) is 2.54. The number of hydrogen-bond acceptors (Lipinski definition) is 4. The first-order valence-electron chi connectivity index (χ1n) is 8.28. The second-order valence-corrected chi connectivity index (χ2v) is 6.19. The molecular formula is C18H27N5O. The Hall–Kier alpha value is -2.37. The molecule has 0 fully saturated rings. The number of rotatable bonds is 6. The number of pyridine rings is 1. The van der Waals surface area contributed by atoms with Gasteiger partial charge in [-0.2, -0.15) is 0 Å². The molecule has 0 radical (unpaired) electrons. The van der Waals surface area contributed by atoms with Crippen LogP contribution in [0.15, 0.2) is 33.9 Å². The summed E-state index contributed by atoms with van der Waals surface area (Å²) in [6.45, 7) is 9.58. The predicted octanol–water partition coefficient (Wildman–Crippen LogP) is 2.79. The zero-order valence-electron chi connectivity index (χ0n) is 15.1. The van der Waals surface area contributed by atoms with Gasteiger partial charge in [0.2, 0.25) is 5.89 Å². The van der Waals surface area contributed by atoms with Crippen molar-refractivity contribution in [3.63, 3.8) is 0 Å². The lowest BCUT2D eigenvalue weighted by Crippen LogP contribution is -2.39. The minimum absolute atomic E-state index is 0.364. The van der Waals surface area contributed by atoms with Gasteiger partial charge in [-0.1, -0.05) is 19.9 Å². The van der Waals surface area contributed by atoms with Crippen LogP contribution in [0.25, 0.3) is 0 Å². The molecule has 1 atom stereocenters. The molecule has 2 heterocycles. The lowest BCUT2D eigenvalue weighted by atomic mass is 9.89. The molecule has 0 aliphatic heterocycles. The highest BCUT2D eigenvalue weighted by molar-refractivity contribution is 5.79. The molecule has 0 aromatic carbocycles. The Morgan fingerprint density at radius 1 is 1.29 bits per heavy atom. The number of guanidine groups is 1. The number of nitrogens with zero attached hydrogens (tertiary/aromatic N) is 3. The summed E-state index contributed by atoms with van der Waals surface area (Å²) in [5, 5.41) is 6.62. The summed E-state index contributed by atoms with van der Waals surface area (Å²) >= 11 is 0. The van der Waals surface area contributed by atoms with Crippen LogP contribution in [0.2, 0.25) is 0 Å². The first kappa shape index (κ1) is 18.0. The van der Waals surface area contributed by atoms with Crippen molar-refractivity contribution in [1.82, 2.24) is 20.6 Å². The maximum absolute atomic E-state index is 5.58. The summed E-state index contributed by atoms with van der Waals surface area (Å²) < 4.78 is 5.58. The number of nitrogens with one attached hydrogen (secondary N) is 2. The number of oxazole rings is 1. The molecule has 0 spiro atoms. The lowest BCUT2D eigenvalue weighted by Gasteiger charge is -2.22. The van der Waals surface area contributed by atoms with Crippen molar-refractivity contribution in [2.75, 3.05) is 13.6 Å². The predicted molar refractivity (Wildman–Crippen MR) is 96.0 cm³/mol. The summed E-state index contributed by atoms with van der Waals surface area (Å²) in [5.41, 5.74) is 2.15. The van der Waals surface area contributed by atoms with E-state index in [0.717, 1.165) is 24.0 Å². The zero-order valence-corrected chi connectivity index (χ0v) is 15.1. The van der Waals surface area contributed by atoms with Crippen LogP contribution in [-0.2, 0) is 6.54 Å². The van der Waals surface area contributed by atoms with Gasteiger partial charge < -0.3 is 15.1 Å². The van der Waals surface area contributed by atoms with Crippen molar-refractivity contribution in [3.05, 3.63) is 47.4 Å². The SMILES string of the molecule is CN=C(NCc1nc(C)c(C)o1)NCC(c1cccnc1)C(C)C. The normalized spacial score (nSPS) is 13.2. The molecule has 1 unspecified atom stereocenters. The number of aromatic nitrogens is 2. The first-order valence-corrected chi connectivity index (χ1v) is 8.28. The van der Waals surface area contributed by atoms with Crippen molar-refractivity contribution in [2.24, 2.45) is 10.9 Å². The van der Waals surface area contributed by atoms with E-state index in [2.05, 4.69) is 45.5 Å². The lowest BCUT2D eigenvalue weighted by molar-refractivity contribution is 0.460. The standard InChI is InChI=1S/C18H27N5O/c1-12(2)16(15-7-6-8-20-9-15)10-21-18(19-5)22-11-17-23-13(3)14(4)24-17/h6-9,12,16H,10-11H2,1-5H3,(H2,19,21,22). The molecule has 0 amide bonds. The fraction of sp³-hybridized carbons (Fsp3) is 0.500. The van der Waals surface area contributed by atoms with Gasteiger partial charge in [0.05, 0.1) is 12.2 Å². The molecule has 6 nitrogen and oxygen atoms in total. The van der Waals surface area contributed by atoms with Crippen molar-refractivity contribution >= 4 is 5.96 Å². The Bertz CT molecular complexity index is 644. The third-order valence-corrected chi connectivity index (χ3v) is 4.11. The van der Waals surface area contributed by atoms with Crippen LogP contribution in [0, 0.1) is 19.8 Å². The van der Waals surface area contributed by atoms with Gasteiger partial charge in [0.25, 0.3) is 0 Å². The quantitative estimate of drug-likeness (QED) is 0.629. The summed E-state index contributed by atoms with van der Waals surface area (Å²) in [4.78, 5) is 12.9. The van der Waals surface area contributed by atoms with E-state index in [0.29, 0.717) is 24.3 Å². The van der Waals surface area contributed by atoms with Crippen LogP contribution < -0.4 is 10.6 Å². The van der Waals surface area contributed by atoms with E-state index in [1.165, 1.54) is 5.56 Å². The number of aliphatic imine (C=N–C) groups is 1. The van der Waals surface area contributed by atoms with E-state index in [9.17, 15) is 0 Å². The molecule has 2 aromatic rings.